The molecule has 0 aliphatic carbocycles. The van der Waals surface area contributed by atoms with Crippen LogP contribution in [0, 0.1) is 0 Å². The molecule has 0 aliphatic heterocycles. The van der Waals surface area contributed by atoms with E-state index in [2.05, 4.69) is 147 Å². The summed E-state index contributed by atoms with van der Waals surface area (Å²) in [4.78, 5) is 6.10. The van der Waals surface area contributed by atoms with Gasteiger partial charge in [0, 0.05) is 21.4 Å². The number of imidazole rings is 2. The molecule has 0 spiro atoms. The lowest BCUT2D eigenvalue weighted by Gasteiger charge is -2.13. The van der Waals surface area contributed by atoms with E-state index in [1.165, 1.54) is 10.8 Å². The maximum Gasteiger partial charge on any atom is 0.220 e. The van der Waals surface area contributed by atoms with Gasteiger partial charge in [-0.15, -0.1) is 12.6 Å². The Morgan fingerprint density at radius 1 is 0.524 bits per heavy atom. The van der Waals surface area contributed by atoms with Crippen LogP contribution in [0.2, 0.25) is 0 Å². The molecule has 0 amide bonds. The van der Waals surface area contributed by atoms with E-state index in [4.69, 9.17) is 17.6 Å². The lowest BCUT2D eigenvalue weighted by molar-refractivity contribution is 1.12. The largest absolute Gasteiger partial charge is 0.309 e. The molecular weight excluding hydrogens is 533 g/mol. The van der Waals surface area contributed by atoms with Gasteiger partial charge in [0.2, 0.25) is 5.78 Å². The Hall–Kier alpha value is -5.26. The summed E-state index contributed by atoms with van der Waals surface area (Å²) >= 11 is 4.83. The Bertz CT molecular complexity index is 2480. The van der Waals surface area contributed by atoms with Crippen LogP contribution in [0.1, 0.15) is 0 Å². The topological polar surface area (TPSA) is 27.2 Å². The first-order chi connectivity index (χ1) is 20.8. The zero-order valence-corrected chi connectivity index (χ0v) is 23.4. The third kappa shape index (κ3) is 3.22. The van der Waals surface area contributed by atoms with Gasteiger partial charge >= 0.3 is 0 Å². The highest BCUT2D eigenvalue weighted by molar-refractivity contribution is 7.80. The van der Waals surface area contributed by atoms with Crippen molar-refractivity contribution >= 4 is 62.3 Å². The first kappa shape index (κ1) is 23.4. The van der Waals surface area contributed by atoms with Crippen LogP contribution >= 0.6 is 12.6 Å². The standard InChI is InChI=1S/C37H24N4S/c42-35-22-21-25(23-27(35)24-11-2-1-3-12-24)39-29-15-6-4-13-26(29)36-33(39)19-10-20-34(36)41-32-18-9-8-17-31(32)40-30-16-7-5-14-28(30)38-37(40)41/h1-23,42H. The first-order valence-electron chi connectivity index (χ1n) is 14.1. The smallest absolute Gasteiger partial charge is 0.220 e. The van der Waals surface area contributed by atoms with Gasteiger partial charge in [-0.05, 0) is 71.8 Å². The Labute approximate surface area is 247 Å². The third-order valence-electron chi connectivity index (χ3n) is 8.35. The zero-order chi connectivity index (χ0) is 27.8. The van der Waals surface area contributed by atoms with Crippen molar-refractivity contribution in [2.45, 2.75) is 4.90 Å². The Morgan fingerprint density at radius 2 is 1.21 bits per heavy atom. The van der Waals surface area contributed by atoms with E-state index in [-0.39, 0.29) is 0 Å². The van der Waals surface area contributed by atoms with Gasteiger partial charge < -0.3 is 4.57 Å². The van der Waals surface area contributed by atoms with E-state index >= 15 is 0 Å². The summed E-state index contributed by atoms with van der Waals surface area (Å²) < 4.78 is 6.97. The lowest BCUT2D eigenvalue weighted by Crippen LogP contribution is -1.98. The molecule has 0 atom stereocenters. The zero-order valence-electron chi connectivity index (χ0n) is 22.5. The van der Waals surface area contributed by atoms with Crippen molar-refractivity contribution in [3.8, 4) is 22.5 Å². The van der Waals surface area contributed by atoms with Gasteiger partial charge in [-0.3, -0.25) is 8.97 Å². The minimum atomic E-state index is 0.910. The predicted octanol–water partition coefficient (Wildman–Crippen LogP) is 9.48. The average molecular weight is 557 g/mol. The van der Waals surface area contributed by atoms with Gasteiger partial charge in [-0.1, -0.05) is 78.9 Å². The van der Waals surface area contributed by atoms with Crippen LogP contribution in [0.15, 0.2) is 144 Å². The predicted molar refractivity (Wildman–Crippen MR) is 177 cm³/mol. The highest BCUT2D eigenvalue weighted by atomic mass is 32.1. The second-order valence-electron chi connectivity index (χ2n) is 10.7. The van der Waals surface area contributed by atoms with Gasteiger partial charge in [0.25, 0.3) is 0 Å². The highest BCUT2D eigenvalue weighted by Crippen LogP contribution is 2.39. The molecule has 0 bridgehead atoms. The molecular formula is C37H24N4S. The van der Waals surface area contributed by atoms with Crippen molar-refractivity contribution in [2.24, 2.45) is 0 Å². The van der Waals surface area contributed by atoms with Crippen molar-refractivity contribution in [1.29, 1.82) is 0 Å². The molecule has 0 saturated carbocycles. The van der Waals surface area contributed by atoms with Crippen LogP contribution in [-0.4, -0.2) is 18.5 Å². The van der Waals surface area contributed by atoms with Gasteiger partial charge in [0.15, 0.2) is 0 Å². The average Bonchev–Trinajstić information content (AvgIpc) is 3.69. The van der Waals surface area contributed by atoms with E-state index in [0.717, 1.165) is 66.3 Å². The molecule has 0 saturated heterocycles. The Kier molecular flexibility index (Phi) is 4.95. The van der Waals surface area contributed by atoms with Crippen LogP contribution in [0.25, 0.3) is 72.2 Å². The number of hydrogen-bond donors (Lipinski definition) is 1. The molecule has 9 rings (SSSR count). The molecule has 4 nitrogen and oxygen atoms in total. The van der Waals surface area contributed by atoms with Crippen molar-refractivity contribution in [3.05, 3.63) is 140 Å². The fourth-order valence-electron chi connectivity index (χ4n) is 6.57. The van der Waals surface area contributed by atoms with Gasteiger partial charge in [-0.2, -0.15) is 0 Å². The van der Waals surface area contributed by atoms with Crippen molar-refractivity contribution in [2.75, 3.05) is 0 Å². The quantitative estimate of drug-likeness (QED) is 0.216. The normalized spacial score (nSPS) is 11.9. The molecule has 3 heterocycles. The summed E-state index contributed by atoms with van der Waals surface area (Å²) in [5.41, 5.74) is 11.1. The van der Waals surface area contributed by atoms with Gasteiger partial charge in [-0.25, -0.2) is 4.98 Å². The monoisotopic (exact) mass is 556 g/mol. The fourth-order valence-corrected chi connectivity index (χ4v) is 6.83. The number of fused-ring (bicyclic) bond motifs is 8. The molecule has 0 N–H and O–H groups in total. The summed E-state index contributed by atoms with van der Waals surface area (Å²) in [6.45, 7) is 0. The van der Waals surface area contributed by atoms with Crippen LogP contribution in [0.3, 0.4) is 0 Å². The van der Waals surface area contributed by atoms with Crippen LogP contribution < -0.4 is 0 Å². The van der Waals surface area contributed by atoms with E-state index in [9.17, 15) is 0 Å². The van der Waals surface area contributed by atoms with Crippen molar-refractivity contribution < 1.29 is 0 Å². The van der Waals surface area contributed by atoms with Gasteiger partial charge in [0.1, 0.15) is 0 Å². The van der Waals surface area contributed by atoms with E-state index < -0.39 is 0 Å². The summed E-state index contributed by atoms with van der Waals surface area (Å²) in [6, 6.07) is 49.2. The van der Waals surface area contributed by atoms with Crippen LogP contribution in [0.4, 0.5) is 0 Å². The molecule has 42 heavy (non-hydrogen) atoms. The fraction of sp³-hybridized carbons (Fsp3) is 0. The molecule has 6 aromatic carbocycles. The third-order valence-corrected chi connectivity index (χ3v) is 8.74. The van der Waals surface area contributed by atoms with Crippen molar-refractivity contribution in [3.63, 3.8) is 0 Å². The maximum atomic E-state index is 5.15. The number of hydrogen-bond acceptors (Lipinski definition) is 2. The second kappa shape index (κ2) is 8.87. The minimum absolute atomic E-state index is 0.910. The molecule has 0 unspecified atom stereocenters. The van der Waals surface area contributed by atoms with Crippen LogP contribution in [-0.2, 0) is 0 Å². The highest BCUT2D eigenvalue weighted by Gasteiger charge is 2.21. The van der Waals surface area contributed by atoms with Gasteiger partial charge in [0.05, 0.1) is 38.8 Å². The van der Waals surface area contributed by atoms with Crippen LogP contribution in [0.5, 0.6) is 0 Å². The molecule has 0 aliphatic rings. The minimum Gasteiger partial charge on any atom is -0.309 e. The summed E-state index contributed by atoms with van der Waals surface area (Å²) in [5.74, 6) is 0.910. The number of thiol groups is 1. The molecule has 9 aromatic rings. The van der Waals surface area contributed by atoms with E-state index in [1.807, 2.05) is 6.07 Å². The number of aromatic nitrogens is 4. The molecule has 0 radical (unpaired) electrons. The number of rotatable bonds is 3. The first-order valence-corrected chi connectivity index (χ1v) is 14.5. The Morgan fingerprint density at radius 3 is 2.07 bits per heavy atom. The second-order valence-corrected chi connectivity index (χ2v) is 11.1. The lowest BCUT2D eigenvalue weighted by atomic mass is 10.0. The van der Waals surface area contributed by atoms with E-state index in [0.29, 0.717) is 0 Å². The number of benzene rings is 6. The summed E-state index contributed by atoms with van der Waals surface area (Å²) in [7, 11) is 0. The SMILES string of the molecule is Sc1ccc(-n2c3ccccc3c3c(-n4c5ccccc5n5c6ccccc6nc45)cccc32)cc1-c1ccccc1. The molecule has 3 aromatic heterocycles. The summed E-state index contributed by atoms with van der Waals surface area (Å²) in [6.07, 6.45) is 0. The number of nitrogens with zero attached hydrogens (tertiary/aromatic N) is 4. The van der Waals surface area contributed by atoms with E-state index in [1.54, 1.807) is 0 Å². The maximum absolute atomic E-state index is 5.15. The summed E-state index contributed by atoms with van der Waals surface area (Å²) in [5, 5.41) is 2.39. The molecule has 0 fully saturated rings. The molecule has 5 heteroatoms. The van der Waals surface area contributed by atoms with Crippen molar-refractivity contribution in [1.82, 2.24) is 18.5 Å². The molecule has 198 valence electrons. The Balaban J connectivity index is 1.40. The number of para-hydroxylation sites is 5.